The number of nitrogens with one attached hydrogen (secondary N) is 1. The summed E-state index contributed by atoms with van der Waals surface area (Å²) in [5, 5.41) is 3.30. The summed E-state index contributed by atoms with van der Waals surface area (Å²) in [5.74, 6) is 5.51. The Balaban J connectivity index is 2.01. The highest BCUT2D eigenvalue weighted by Gasteiger charge is 1.97. The van der Waals surface area contributed by atoms with Gasteiger partial charge in [-0.1, -0.05) is 36.1 Å². The first kappa shape index (κ1) is 14.7. The molecule has 0 spiro atoms. The van der Waals surface area contributed by atoms with Crippen molar-refractivity contribution in [2.45, 2.75) is 13.3 Å². The third kappa shape index (κ3) is 5.04. The van der Waals surface area contributed by atoms with Crippen LogP contribution in [0.4, 0.5) is 11.4 Å². The van der Waals surface area contributed by atoms with E-state index in [9.17, 15) is 4.79 Å². The lowest BCUT2D eigenvalue weighted by molar-refractivity contribution is -0.141. The molecule has 0 bridgehead atoms. The van der Waals surface area contributed by atoms with E-state index in [1.807, 2.05) is 54.6 Å². The van der Waals surface area contributed by atoms with Crippen molar-refractivity contribution >= 4 is 17.3 Å². The average Bonchev–Trinajstić information content (AvgIpc) is 2.49. The van der Waals surface area contributed by atoms with E-state index in [0.717, 1.165) is 16.9 Å². The number of benzene rings is 2. The van der Waals surface area contributed by atoms with Gasteiger partial charge in [0.1, 0.15) is 6.42 Å². The monoisotopic (exact) mass is 279 g/mol. The van der Waals surface area contributed by atoms with Crippen molar-refractivity contribution in [3.63, 3.8) is 0 Å². The Bertz CT molecular complexity index is 654. The fraction of sp³-hybridized carbons (Fsp3) is 0.167. The highest BCUT2D eigenvalue weighted by molar-refractivity contribution is 5.72. The van der Waals surface area contributed by atoms with Crippen molar-refractivity contribution < 1.29 is 9.53 Å². The maximum atomic E-state index is 11.2. The molecular weight excluding hydrogens is 262 g/mol. The van der Waals surface area contributed by atoms with Gasteiger partial charge in [0.25, 0.3) is 0 Å². The van der Waals surface area contributed by atoms with Gasteiger partial charge in [0.05, 0.1) is 6.61 Å². The predicted molar refractivity (Wildman–Crippen MR) is 84.3 cm³/mol. The van der Waals surface area contributed by atoms with Crippen molar-refractivity contribution in [2.24, 2.45) is 0 Å². The minimum atomic E-state index is -0.288. The topological polar surface area (TPSA) is 38.3 Å². The van der Waals surface area contributed by atoms with Gasteiger partial charge in [0.2, 0.25) is 0 Å². The molecule has 21 heavy (non-hydrogen) atoms. The number of hydrogen-bond donors (Lipinski definition) is 1. The second-order valence-corrected chi connectivity index (χ2v) is 4.36. The molecule has 0 atom stereocenters. The van der Waals surface area contributed by atoms with Crippen LogP contribution in [0.1, 0.15) is 18.9 Å². The van der Waals surface area contributed by atoms with E-state index in [1.54, 1.807) is 6.92 Å². The SMILES string of the molecule is CCOC(=O)CC#Cc1cccc(Nc2ccccc2)c1. The molecule has 0 unspecified atom stereocenters. The molecule has 0 saturated carbocycles. The third-order valence-electron chi connectivity index (χ3n) is 2.70. The number of ether oxygens (including phenoxy) is 1. The molecule has 0 aliphatic rings. The van der Waals surface area contributed by atoms with Gasteiger partial charge in [0.15, 0.2) is 0 Å². The molecule has 0 aliphatic carbocycles. The molecule has 0 saturated heterocycles. The van der Waals surface area contributed by atoms with Crippen LogP contribution in [0.2, 0.25) is 0 Å². The fourth-order valence-electron chi connectivity index (χ4n) is 1.79. The number of para-hydroxylation sites is 1. The second-order valence-electron chi connectivity index (χ2n) is 4.36. The molecule has 1 N–H and O–H groups in total. The lowest BCUT2D eigenvalue weighted by atomic mass is 10.2. The van der Waals surface area contributed by atoms with Crippen LogP contribution in [-0.4, -0.2) is 12.6 Å². The standard InChI is InChI=1S/C18H17NO2/c1-2-21-18(20)13-7-9-15-8-6-12-17(14-15)19-16-10-4-3-5-11-16/h3-6,8,10-12,14,19H,2,13H2,1H3. The van der Waals surface area contributed by atoms with E-state index in [0.29, 0.717) is 6.61 Å². The van der Waals surface area contributed by atoms with Gasteiger partial charge in [-0.2, -0.15) is 0 Å². The summed E-state index contributed by atoms with van der Waals surface area (Å²) in [4.78, 5) is 11.2. The molecular formula is C18H17NO2. The van der Waals surface area contributed by atoms with Crippen molar-refractivity contribution in [2.75, 3.05) is 11.9 Å². The largest absolute Gasteiger partial charge is 0.465 e. The zero-order valence-electron chi connectivity index (χ0n) is 11.9. The fourth-order valence-corrected chi connectivity index (χ4v) is 1.79. The minimum Gasteiger partial charge on any atom is -0.465 e. The Labute approximate surface area is 125 Å². The van der Waals surface area contributed by atoms with Crippen LogP contribution in [0.5, 0.6) is 0 Å². The van der Waals surface area contributed by atoms with Crippen LogP contribution < -0.4 is 5.32 Å². The van der Waals surface area contributed by atoms with Crippen LogP contribution in [0.15, 0.2) is 54.6 Å². The summed E-state index contributed by atoms with van der Waals surface area (Å²) in [6.45, 7) is 2.17. The Morgan fingerprint density at radius 3 is 2.62 bits per heavy atom. The summed E-state index contributed by atoms with van der Waals surface area (Å²) in [5.41, 5.74) is 2.85. The van der Waals surface area contributed by atoms with Crippen molar-refractivity contribution in [3.05, 3.63) is 60.2 Å². The zero-order chi connectivity index (χ0) is 14.9. The van der Waals surface area contributed by atoms with E-state index in [2.05, 4.69) is 17.2 Å². The van der Waals surface area contributed by atoms with Gasteiger partial charge in [-0.3, -0.25) is 4.79 Å². The van der Waals surface area contributed by atoms with Gasteiger partial charge >= 0.3 is 5.97 Å². The van der Waals surface area contributed by atoms with Crippen LogP contribution >= 0.6 is 0 Å². The number of rotatable bonds is 4. The minimum absolute atomic E-state index is 0.115. The molecule has 0 heterocycles. The summed E-state index contributed by atoms with van der Waals surface area (Å²) in [6, 6.07) is 17.7. The third-order valence-corrected chi connectivity index (χ3v) is 2.70. The number of anilines is 2. The average molecular weight is 279 g/mol. The van der Waals surface area contributed by atoms with E-state index in [4.69, 9.17) is 4.74 Å². The summed E-state index contributed by atoms with van der Waals surface area (Å²) >= 11 is 0. The molecule has 0 fully saturated rings. The second kappa shape index (κ2) is 7.76. The molecule has 0 amide bonds. The summed E-state index contributed by atoms with van der Waals surface area (Å²) < 4.78 is 4.83. The summed E-state index contributed by atoms with van der Waals surface area (Å²) in [6.07, 6.45) is 0.115. The number of carbonyl (C=O) groups excluding carboxylic acids is 1. The smallest absolute Gasteiger partial charge is 0.317 e. The quantitative estimate of drug-likeness (QED) is 0.684. The zero-order valence-corrected chi connectivity index (χ0v) is 11.9. The van der Waals surface area contributed by atoms with Crippen LogP contribution in [0.25, 0.3) is 0 Å². The first-order chi connectivity index (χ1) is 10.3. The Hall–Kier alpha value is -2.73. The Morgan fingerprint density at radius 1 is 1.10 bits per heavy atom. The molecule has 2 aromatic rings. The Kier molecular flexibility index (Phi) is 5.42. The molecule has 2 aromatic carbocycles. The summed E-state index contributed by atoms with van der Waals surface area (Å²) in [7, 11) is 0. The van der Waals surface area contributed by atoms with Crippen molar-refractivity contribution in [3.8, 4) is 11.8 Å². The normalized spacial score (nSPS) is 9.38. The van der Waals surface area contributed by atoms with E-state index < -0.39 is 0 Å². The van der Waals surface area contributed by atoms with E-state index in [1.165, 1.54) is 0 Å². The molecule has 0 aromatic heterocycles. The molecule has 3 nitrogen and oxygen atoms in total. The van der Waals surface area contributed by atoms with Gasteiger partial charge in [-0.05, 0) is 37.3 Å². The first-order valence-corrected chi connectivity index (χ1v) is 6.84. The molecule has 2 rings (SSSR count). The molecule has 3 heteroatoms. The van der Waals surface area contributed by atoms with E-state index in [-0.39, 0.29) is 12.4 Å². The van der Waals surface area contributed by atoms with E-state index >= 15 is 0 Å². The maximum Gasteiger partial charge on any atom is 0.317 e. The Morgan fingerprint density at radius 2 is 1.86 bits per heavy atom. The van der Waals surface area contributed by atoms with Crippen LogP contribution in [-0.2, 0) is 9.53 Å². The first-order valence-electron chi connectivity index (χ1n) is 6.84. The predicted octanol–water partition coefficient (Wildman–Crippen LogP) is 3.73. The molecule has 0 radical (unpaired) electrons. The lowest BCUT2D eigenvalue weighted by Crippen LogP contribution is -2.01. The number of carbonyl (C=O) groups is 1. The van der Waals surface area contributed by atoms with Gasteiger partial charge < -0.3 is 10.1 Å². The van der Waals surface area contributed by atoms with Crippen molar-refractivity contribution in [1.82, 2.24) is 0 Å². The maximum absolute atomic E-state index is 11.2. The van der Waals surface area contributed by atoms with Gasteiger partial charge in [0, 0.05) is 16.9 Å². The molecule has 0 aliphatic heterocycles. The lowest BCUT2D eigenvalue weighted by Gasteiger charge is -2.06. The van der Waals surface area contributed by atoms with Crippen molar-refractivity contribution in [1.29, 1.82) is 0 Å². The molecule has 106 valence electrons. The van der Waals surface area contributed by atoms with Crippen LogP contribution in [0.3, 0.4) is 0 Å². The van der Waals surface area contributed by atoms with Gasteiger partial charge in [-0.15, -0.1) is 0 Å². The van der Waals surface area contributed by atoms with Gasteiger partial charge in [-0.25, -0.2) is 0 Å². The number of esters is 1. The van der Waals surface area contributed by atoms with Crippen LogP contribution in [0, 0.1) is 11.8 Å². The number of hydrogen-bond acceptors (Lipinski definition) is 3. The highest BCUT2D eigenvalue weighted by atomic mass is 16.5. The highest BCUT2D eigenvalue weighted by Crippen LogP contribution is 2.16.